The fraction of sp³-hybridized carbons (Fsp3) is 0.417. The molecule has 1 heterocycles. The van der Waals surface area contributed by atoms with Crippen molar-refractivity contribution in [3.8, 4) is 6.07 Å². The summed E-state index contributed by atoms with van der Waals surface area (Å²) in [6.07, 6.45) is 0.840. The summed E-state index contributed by atoms with van der Waals surface area (Å²) in [5.41, 5.74) is 0.326. The van der Waals surface area contributed by atoms with E-state index in [4.69, 9.17) is 14.4 Å². The van der Waals surface area contributed by atoms with Crippen LogP contribution in [-0.2, 0) is 4.74 Å². The SMILES string of the molecule is Cc1cc(=O)oc(C)c1C(=O)OCCCC#N. The Morgan fingerprint density at radius 2 is 2.24 bits per heavy atom. The molecular weight excluding hydrogens is 222 g/mol. The predicted molar refractivity (Wildman–Crippen MR) is 59.6 cm³/mol. The van der Waals surface area contributed by atoms with Crippen LogP contribution < -0.4 is 5.63 Å². The predicted octanol–water partition coefficient (Wildman–Crippen LogP) is 1.72. The number of nitrogens with zero attached hydrogens (tertiary/aromatic N) is 1. The molecule has 0 N–H and O–H groups in total. The third kappa shape index (κ3) is 3.45. The summed E-state index contributed by atoms with van der Waals surface area (Å²) < 4.78 is 9.81. The molecule has 0 atom stereocenters. The van der Waals surface area contributed by atoms with Gasteiger partial charge in [-0.1, -0.05) is 0 Å². The van der Waals surface area contributed by atoms with Gasteiger partial charge in [0.1, 0.15) is 11.3 Å². The second-order valence-corrected chi connectivity index (χ2v) is 3.58. The maximum absolute atomic E-state index is 11.7. The van der Waals surface area contributed by atoms with E-state index in [1.165, 1.54) is 6.07 Å². The molecule has 1 aromatic rings. The molecule has 5 heteroatoms. The Labute approximate surface area is 98.6 Å². The highest BCUT2D eigenvalue weighted by Crippen LogP contribution is 2.12. The molecule has 0 aliphatic heterocycles. The number of hydrogen-bond acceptors (Lipinski definition) is 5. The minimum Gasteiger partial charge on any atom is -0.462 e. The van der Waals surface area contributed by atoms with Crippen LogP contribution in [0.2, 0.25) is 0 Å². The van der Waals surface area contributed by atoms with Gasteiger partial charge in [0, 0.05) is 12.5 Å². The second-order valence-electron chi connectivity index (χ2n) is 3.58. The Hall–Kier alpha value is -2.09. The number of unbranched alkanes of at least 4 members (excludes halogenated alkanes) is 1. The van der Waals surface area contributed by atoms with Crippen molar-refractivity contribution < 1.29 is 13.9 Å². The van der Waals surface area contributed by atoms with Gasteiger partial charge in [0.15, 0.2) is 0 Å². The van der Waals surface area contributed by atoms with Crippen LogP contribution >= 0.6 is 0 Å². The third-order valence-electron chi connectivity index (χ3n) is 2.20. The van der Waals surface area contributed by atoms with Crippen molar-refractivity contribution in [2.45, 2.75) is 26.7 Å². The van der Waals surface area contributed by atoms with E-state index < -0.39 is 11.6 Å². The normalized spacial score (nSPS) is 9.71. The van der Waals surface area contributed by atoms with Crippen LogP contribution in [0.25, 0.3) is 0 Å². The topological polar surface area (TPSA) is 80.3 Å². The van der Waals surface area contributed by atoms with Crippen LogP contribution in [0.4, 0.5) is 0 Å². The Bertz CT molecular complexity index is 484. The first-order chi connectivity index (χ1) is 8.06. The van der Waals surface area contributed by atoms with Gasteiger partial charge >= 0.3 is 11.6 Å². The standard InChI is InChI=1S/C12H13NO4/c1-8-7-10(14)17-9(2)11(8)12(15)16-6-4-3-5-13/h7H,3-4,6H2,1-2H3. The highest BCUT2D eigenvalue weighted by molar-refractivity contribution is 5.91. The monoisotopic (exact) mass is 235 g/mol. The Morgan fingerprint density at radius 3 is 2.82 bits per heavy atom. The fourth-order valence-corrected chi connectivity index (χ4v) is 1.45. The molecule has 0 aliphatic carbocycles. The smallest absolute Gasteiger partial charge is 0.341 e. The van der Waals surface area contributed by atoms with Crippen LogP contribution in [0, 0.1) is 25.2 Å². The first-order valence-corrected chi connectivity index (χ1v) is 5.21. The number of rotatable bonds is 4. The molecule has 0 spiro atoms. The second kappa shape index (κ2) is 5.85. The number of ether oxygens (including phenoxy) is 1. The molecule has 1 aromatic heterocycles. The van der Waals surface area contributed by atoms with E-state index in [-0.39, 0.29) is 17.9 Å². The van der Waals surface area contributed by atoms with Crippen molar-refractivity contribution >= 4 is 5.97 Å². The molecule has 0 saturated heterocycles. The molecule has 0 aromatic carbocycles. The maximum atomic E-state index is 11.7. The van der Waals surface area contributed by atoms with Gasteiger partial charge in [-0.15, -0.1) is 0 Å². The zero-order valence-electron chi connectivity index (χ0n) is 9.78. The average molecular weight is 235 g/mol. The Kier molecular flexibility index (Phi) is 4.46. The van der Waals surface area contributed by atoms with Crippen molar-refractivity contribution in [1.82, 2.24) is 0 Å². The zero-order valence-corrected chi connectivity index (χ0v) is 9.78. The summed E-state index contributed by atoms with van der Waals surface area (Å²) >= 11 is 0. The lowest BCUT2D eigenvalue weighted by atomic mass is 10.1. The molecule has 0 unspecified atom stereocenters. The first kappa shape index (κ1) is 13.0. The molecule has 0 fully saturated rings. The zero-order chi connectivity index (χ0) is 12.8. The van der Waals surface area contributed by atoms with Gasteiger partial charge in [-0.3, -0.25) is 0 Å². The van der Waals surface area contributed by atoms with Crippen molar-refractivity contribution in [3.05, 3.63) is 33.4 Å². The summed E-state index contributed by atoms with van der Waals surface area (Å²) in [6, 6.07) is 3.21. The Morgan fingerprint density at radius 1 is 1.53 bits per heavy atom. The number of nitriles is 1. The van der Waals surface area contributed by atoms with E-state index >= 15 is 0 Å². The first-order valence-electron chi connectivity index (χ1n) is 5.21. The highest BCUT2D eigenvalue weighted by atomic mass is 16.5. The van der Waals surface area contributed by atoms with Gasteiger partial charge in [-0.05, 0) is 25.8 Å². The summed E-state index contributed by atoms with van der Waals surface area (Å²) in [5.74, 6) is -0.276. The Balaban J connectivity index is 2.76. The van der Waals surface area contributed by atoms with Crippen LogP contribution in [0.15, 0.2) is 15.3 Å². The van der Waals surface area contributed by atoms with E-state index in [9.17, 15) is 9.59 Å². The van der Waals surface area contributed by atoms with Gasteiger partial charge in [0.05, 0.1) is 12.7 Å². The van der Waals surface area contributed by atoms with E-state index in [1.807, 2.05) is 6.07 Å². The molecule has 90 valence electrons. The molecule has 0 radical (unpaired) electrons. The highest BCUT2D eigenvalue weighted by Gasteiger charge is 2.16. The summed E-state index contributed by atoms with van der Waals surface area (Å²) in [4.78, 5) is 22.7. The van der Waals surface area contributed by atoms with Crippen molar-refractivity contribution in [2.24, 2.45) is 0 Å². The molecule has 0 amide bonds. The van der Waals surface area contributed by atoms with Gasteiger partial charge < -0.3 is 9.15 Å². The summed E-state index contributed by atoms with van der Waals surface area (Å²) in [7, 11) is 0. The number of aryl methyl sites for hydroxylation is 2. The van der Waals surface area contributed by atoms with Crippen molar-refractivity contribution in [1.29, 1.82) is 5.26 Å². The van der Waals surface area contributed by atoms with Crippen molar-refractivity contribution in [3.63, 3.8) is 0 Å². The van der Waals surface area contributed by atoms with E-state index in [0.29, 0.717) is 18.4 Å². The largest absolute Gasteiger partial charge is 0.462 e. The minimum atomic E-state index is -0.526. The molecule has 17 heavy (non-hydrogen) atoms. The molecular formula is C12H13NO4. The van der Waals surface area contributed by atoms with Gasteiger partial charge in [-0.25, -0.2) is 9.59 Å². The van der Waals surface area contributed by atoms with Crippen molar-refractivity contribution in [2.75, 3.05) is 6.61 Å². The average Bonchev–Trinajstić information content (AvgIpc) is 2.23. The van der Waals surface area contributed by atoms with Crippen LogP contribution in [0.5, 0.6) is 0 Å². The van der Waals surface area contributed by atoms with E-state index in [2.05, 4.69) is 0 Å². The maximum Gasteiger partial charge on any atom is 0.341 e. The summed E-state index contributed by atoms with van der Waals surface area (Å²) in [5, 5.41) is 8.33. The number of carbonyl (C=O) groups is 1. The molecule has 0 aliphatic rings. The quantitative estimate of drug-likeness (QED) is 0.586. The lowest BCUT2D eigenvalue weighted by molar-refractivity contribution is 0.0496. The van der Waals surface area contributed by atoms with E-state index in [0.717, 1.165) is 0 Å². The van der Waals surface area contributed by atoms with Crippen LogP contribution in [0.3, 0.4) is 0 Å². The lowest BCUT2D eigenvalue weighted by Crippen LogP contribution is -2.13. The van der Waals surface area contributed by atoms with Gasteiger partial charge in [-0.2, -0.15) is 5.26 Å². The molecule has 5 nitrogen and oxygen atoms in total. The molecule has 1 rings (SSSR count). The van der Waals surface area contributed by atoms with E-state index in [1.54, 1.807) is 13.8 Å². The lowest BCUT2D eigenvalue weighted by Gasteiger charge is -2.07. The molecule has 0 bridgehead atoms. The number of hydrogen-bond donors (Lipinski definition) is 0. The van der Waals surface area contributed by atoms with Crippen LogP contribution in [-0.4, -0.2) is 12.6 Å². The fourth-order valence-electron chi connectivity index (χ4n) is 1.45. The summed E-state index contributed by atoms with van der Waals surface area (Å²) in [6.45, 7) is 3.38. The van der Waals surface area contributed by atoms with Crippen LogP contribution in [0.1, 0.15) is 34.5 Å². The third-order valence-corrected chi connectivity index (χ3v) is 2.20. The number of esters is 1. The minimum absolute atomic E-state index is 0.185. The number of carbonyl (C=O) groups excluding carboxylic acids is 1. The molecule has 0 saturated carbocycles. The van der Waals surface area contributed by atoms with Gasteiger partial charge in [0.25, 0.3) is 0 Å². The van der Waals surface area contributed by atoms with Gasteiger partial charge in [0.2, 0.25) is 0 Å².